The average Bonchev–Trinajstić information content (AvgIpc) is 3.21. The van der Waals surface area contributed by atoms with Crippen LogP contribution in [0.1, 0.15) is 29.2 Å². The summed E-state index contributed by atoms with van der Waals surface area (Å²) in [6.07, 6.45) is 0. The van der Waals surface area contributed by atoms with Gasteiger partial charge in [0.25, 0.3) is 5.91 Å². The summed E-state index contributed by atoms with van der Waals surface area (Å²) in [4.78, 5) is 36.5. The van der Waals surface area contributed by atoms with Crippen LogP contribution in [-0.2, 0) is 0 Å². The lowest BCUT2D eigenvalue weighted by Crippen LogP contribution is -2.53. The van der Waals surface area contributed by atoms with E-state index in [2.05, 4.69) is 18.8 Å². The highest BCUT2D eigenvalue weighted by molar-refractivity contribution is 7.17. The Morgan fingerprint density at radius 1 is 1.24 bits per heavy atom. The third kappa shape index (κ3) is 3.85. The predicted molar refractivity (Wildman–Crippen MR) is 110 cm³/mol. The van der Waals surface area contributed by atoms with Gasteiger partial charge in [-0.2, -0.15) is 0 Å². The molecule has 4 rings (SSSR count). The summed E-state index contributed by atoms with van der Waals surface area (Å²) in [5.74, 6) is 0.0827. The Morgan fingerprint density at radius 3 is 2.66 bits per heavy atom. The quantitative estimate of drug-likeness (QED) is 0.767. The number of hydrogen-bond acceptors (Lipinski definition) is 4. The van der Waals surface area contributed by atoms with Crippen molar-refractivity contribution in [1.82, 2.24) is 19.7 Å². The first-order chi connectivity index (χ1) is 13.8. The number of piperazine rings is 1. The molecule has 0 N–H and O–H groups in total. The van der Waals surface area contributed by atoms with Crippen molar-refractivity contribution in [2.45, 2.75) is 26.8 Å². The topological polar surface area (TPSA) is 56.8 Å². The minimum atomic E-state index is -0.297. The lowest BCUT2D eigenvalue weighted by atomic mass is 10.1. The molecule has 1 atom stereocenters. The van der Waals surface area contributed by atoms with E-state index in [1.165, 1.54) is 23.5 Å². The Bertz CT molecular complexity index is 927. The number of nitrogens with zero attached hydrogens (tertiary/aromatic N) is 4. The molecule has 154 valence electrons. The average molecular weight is 417 g/mol. The van der Waals surface area contributed by atoms with E-state index in [4.69, 9.17) is 0 Å². The van der Waals surface area contributed by atoms with Crippen molar-refractivity contribution in [3.63, 3.8) is 0 Å². The summed E-state index contributed by atoms with van der Waals surface area (Å²) in [7, 11) is 0. The number of rotatable bonds is 4. The maximum absolute atomic E-state index is 13.2. The highest BCUT2D eigenvalue weighted by atomic mass is 32.1. The Kier molecular flexibility index (Phi) is 5.29. The highest BCUT2D eigenvalue weighted by Gasteiger charge is 2.42. The van der Waals surface area contributed by atoms with Crippen LogP contribution in [0.5, 0.6) is 0 Å². The van der Waals surface area contributed by atoms with Crippen LogP contribution >= 0.6 is 11.3 Å². The number of amides is 3. The molecule has 3 heterocycles. The number of carbonyl (C=O) groups excluding carboxylic acids is 2. The fourth-order valence-corrected chi connectivity index (χ4v) is 5.05. The molecule has 8 heteroatoms. The Hall–Kier alpha value is -2.48. The van der Waals surface area contributed by atoms with Gasteiger partial charge < -0.3 is 14.7 Å². The zero-order valence-corrected chi connectivity index (χ0v) is 17.7. The third-order valence-corrected chi connectivity index (χ3v) is 6.58. The van der Waals surface area contributed by atoms with Crippen LogP contribution in [0.2, 0.25) is 0 Å². The van der Waals surface area contributed by atoms with Crippen LogP contribution in [-0.4, -0.2) is 70.4 Å². The molecule has 1 aromatic heterocycles. The molecule has 2 aliphatic rings. The van der Waals surface area contributed by atoms with E-state index < -0.39 is 0 Å². The number of hydrogen-bond donors (Lipinski definition) is 0. The van der Waals surface area contributed by atoms with E-state index in [-0.39, 0.29) is 23.8 Å². The zero-order chi connectivity index (χ0) is 20.7. The molecule has 0 aliphatic carbocycles. The molecule has 0 radical (unpaired) electrons. The van der Waals surface area contributed by atoms with Gasteiger partial charge in [0.2, 0.25) is 0 Å². The van der Waals surface area contributed by atoms with E-state index in [0.29, 0.717) is 47.7 Å². The number of halogens is 1. The van der Waals surface area contributed by atoms with Crippen molar-refractivity contribution < 1.29 is 14.0 Å². The highest BCUT2D eigenvalue weighted by Crippen LogP contribution is 2.30. The summed E-state index contributed by atoms with van der Waals surface area (Å²) in [6.45, 7) is 9.08. The second-order valence-electron chi connectivity index (χ2n) is 8.12. The molecule has 6 nitrogen and oxygen atoms in total. The van der Waals surface area contributed by atoms with Crippen LogP contribution in [0.4, 0.5) is 9.18 Å². The van der Waals surface area contributed by atoms with E-state index in [9.17, 15) is 14.0 Å². The van der Waals surface area contributed by atoms with E-state index in [0.717, 1.165) is 12.1 Å². The number of fused-ring (bicyclic) bond motifs is 1. The number of thiazole rings is 1. The number of aryl methyl sites for hydroxylation is 1. The fourth-order valence-electron chi connectivity index (χ4n) is 4.01. The molecule has 0 bridgehead atoms. The first-order valence-corrected chi connectivity index (χ1v) is 10.7. The molecule has 0 spiro atoms. The van der Waals surface area contributed by atoms with Crippen molar-refractivity contribution in [3.8, 4) is 10.6 Å². The monoisotopic (exact) mass is 416 g/mol. The molecule has 0 unspecified atom stereocenters. The van der Waals surface area contributed by atoms with Crippen LogP contribution in [0.3, 0.4) is 0 Å². The summed E-state index contributed by atoms with van der Waals surface area (Å²) >= 11 is 1.34. The lowest BCUT2D eigenvalue weighted by Gasteiger charge is -2.36. The second kappa shape index (κ2) is 7.74. The molecule has 2 aromatic rings. The van der Waals surface area contributed by atoms with Crippen molar-refractivity contribution in [3.05, 3.63) is 40.7 Å². The Labute approximate surface area is 173 Å². The summed E-state index contributed by atoms with van der Waals surface area (Å²) < 4.78 is 13.2. The van der Waals surface area contributed by atoms with Gasteiger partial charge in [-0.25, -0.2) is 14.2 Å². The number of benzene rings is 1. The molecule has 0 saturated carbocycles. The summed E-state index contributed by atoms with van der Waals surface area (Å²) in [5.41, 5.74) is 1.49. The SMILES string of the molecule is Cc1nc(-c2ccc(F)cc2)sc1C(=O)N1CCN2C(=O)N(CC(C)C)C[C@@H]2C1. The normalized spacial score (nSPS) is 19.3. The van der Waals surface area contributed by atoms with Gasteiger partial charge in [-0.1, -0.05) is 13.8 Å². The lowest BCUT2D eigenvalue weighted by molar-refractivity contribution is 0.0620. The van der Waals surface area contributed by atoms with Gasteiger partial charge in [0.15, 0.2) is 0 Å². The van der Waals surface area contributed by atoms with Gasteiger partial charge in [0, 0.05) is 38.3 Å². The molecular formula is C21H25FN4O2S. The van der Waals surface area contributed by atoms with Crippen molar-refractivity contribution in [1.29, 1.82) is 0 Å². The predicted octanol–water partition coefficient (Wildman–Crippen LogP) is 3.48. The number of urea groups is 1. The van der Waals surface area contributed by atoms with Gasteiger partial charge in [0.05, 0.1) is 11.7 Å². The molecule has 2 saturated heterocycles. The van der Waals surface area contributed by atoms with E-state index in [1.54, 1.807) is 12.1 Å². The van der Waals surface area contributed by atoms with Crippen LogP contribution < -0.4 is 0 Å². The summed E-state index contributed by atoms with van der Waals surface area (Å²) in [6, 6.07) is 6.27. The largest absolute Gasteiger partial charge is 0.334 e. The minimum absolute atomic E-state index is 0.0391. The first kappa shape index (κ1) is 19.8. The van der Waals surface area contributed by atoms with Crippen molar-refractivity contribution >= 4 is 23.3 Å². The van der Waals surface area contributed by atoms with Gasteiger partial charge >= 0.3 is 6.03 Å². The molecule has 1 aromatic carbocycles. The molecule has 2 fully saturated rings. The van der Waals surface area contributed by atoms with Crippen LogP contribution in [0.15, 0.2) is 24.3 Å². The van der Waals surface area contributed by atoms with Crippen molar-refractivity contribution in [2.75, 3.05) is 32.7 Å². The first-order valence-electron chi connectivity index (χ1n) is 9.91. The van der Waals surface area contributed by atoms with Crippen LogP contribution in [0.25, 0.3) is 10.6 Å². The smallest absolute Gasteiger partial charge is 0.320 e. The second-order valence-corrected chi connectivity index (χ2v) is 9.12. The zero-order valence-electron chi connectivity index (χ0n) is 16.9. The maximum Gasteiger partial charge on any atom is 0.320 e. The molecule has 29 heavy (non-hydrogen) atoms. The van der Waals surface area contributed by atoms with Gasteiger partial charge in [0.1, 0.15) is 15.7 Å². The standard InChI is InChI=1S/C21H25FN4O2S/c1-13(2)10-25-12-17-11-24(8-9-26(17)21(25)28)20(27)18-14(3)23-19(29-18)15-4-6-16(22)7-5-15/h4-7,13,17H,8-12H2,1-3H3/t17-/m0/s1. The Balaban J connectivity index is 1.48. The van der Waals surface area contributed by atoms with Gasteiger partial charge in [-0.05, 0) is 37.1 Å². The molecule has 2 aliphatic heterocycles. The van der Waals surface area contributed by atoms with E-state index >= 15 is 0 Å². The Morgan fingerprint density at radius 2 is 1.97 bits per heavy atom. The molecule has 3 amide bonds. The van der Waals surface area contributed by atoms with Crippen molar-refractivity contribution in [2.24, 2.45) is 5.92 Å². The number of carbonyl (C=O) groups is 2. The minimum Gasteiger partial charge on any atom is -0.334 e. The van der Waals surface area contributed by atoms with Gasteiger partial charge in [-0.15, -0.1) is 11.3 Å². The fraction of sp³-hybridized carbons (Fsp3) is 0.476. The van der Waals surface area contributed by atoms with Crippen LogP contribution in [0, 0.1) is 18.7 Å². The third-order valence-electron chi connectivity index (χ3n) is 5.38. The van der Waals surface area contributed by atoms with Gasteiger partial charge in [-0.3, -0.25) is 4.79 Å². The molecular weight excluding hydrogens is 391 g/mol. The maximum atomic E-state index is 13.2. The number of aromatic nitrogens is 1. The van der Waals surface area contributed by atoms with E-state index in [1.807, 2.05) is 21.6 Å². The summed E-state index contributed by atoms with van der Waals surface area (Å²) in [5, 5.41) is 0.712.